The van der Waals surface area contributed by atoms with Gasteiger partial charge in [-0.2, -0.15) is 0 Å². The Morgan fingerprint density at radius 1 is 0.969 bits per heavy atom. The van der Waals surface area contributed by atoms with Gasteiger partial charge in [0.15, 0.2) is 11.5 Å². The number of anilines is 1. The van der Waals surface area contributed by atoms with E-state index in [0.29, 0.717) is 29.3 Å². The maximum atomic E-state index is 13.0. The summed E-state index contributed by atoms with van der Waals surface area (Å²) in [5.74, 6) is 1.45. The van der Waals surface area contributed by atoms with Crippen LogP contribution in [0.2, 0.25) is 0 Å². The third-order valence-electron chi connectivity index (χ3n) is 6.56. The van der Waals surface area contributed by atoms with Crippen molar-refractivity contribution >= 4 is 17.5 Å². The molecule has 2 saturated carbocycles. The summed E-state index contributed by atoms with van der Waals surface area (Å²) in [5.41, 5.74) is 8.30. The average Bonchev–Trinajstić information content (AvgIpc) is 3.55. The lowest BCUT2D eigenvalue weighted by molar-refractivity contribution is -0.136. The van der Waals surface area contributed by atoms with Crippen molar-refractivity contribution in [1.82, 2.24) is 4.90 Å². The van der Waals surface area contributed by atoms with Gasteiger partial charge >= 0.3 is 0 Å². The Kier molecular flexibility index (Phi) is 5.74. The molecule has 2 fully saturated rings. The van der Waals surface area contributed by atoms with Gasteiger partial charge in [0.05, 0.1) is 0 Å². The van der Waals surface area contributed by atoms with Crippen LogP contribution in [-0.2, 0) is 11.3 Å². The zero-order chi connectivity index (χ0) is 22.1. The van der Waals surface area contributed by atoms with E-state index in [4.69, 9.17) is 15.2 Å². The number of hydrogen-bond donors (Lipinski definition) is 2. The number of amides is 2. The van der Waals surface area contributed by atoms with Gasteiger partial charge in [0.1, 0.15) is 0 Å². The van der Waals surface area contributed by atoms with Gasteiger partial charge in [0, 0.05) is 35.8 Å². The normalized spacial score (nSPS) is 21.8. The number of nitrogens with two attached hydrogens (primary N) is 1. The first-order valence-corrected chi connectivity index (χ1v) is 11.4. The van der Waals surface area contributed by atoms with E-state index in [1.54, 1.807) is 18.2 Å². The van der Waals surface area contributed by atoms with Crippen molar-refractivity contribution in [1.29, 1.82) is 0 Å². The highest BCUT2D eigenvalue weighted by atomic mass is 16.7. The predicted octanol–water partition coefficient (Wildman–Crippen LogP) is 3.68. The SMILES string of the molecule is NC1CCC(N(Cc2cccc(NC(=O)c3ccc4c(c3)OCO4)c2)C(=O)C2CC2)CC1. The first-order chi connectivity index (χ1) is 15.6. The molecular formula is C25H29N3O4. The second-order valence-electron chi connectivity index (χ2n) is 9.03. The minimum Gasteiger partial charge on any atom is -0.454 e. The Hall–Kier alpha value is -3.06. The Labute approximate surface area is 187 Å². The van der Waals surface area contributed by atoms with Crippen LogP contribution in [0.5, 0.6) is 11.5 Å². The molecule has 0 bridgehead atoms. The highest BCUT2D eigenvalue weighted by molar-refractivity contribution is 6.04. The van der Waals surface area contributed by atoms with E-state index in [0.717, 1.165) is 44.1 Å². The molecular weight excluding hydrogens is 406 g/mol. The lowest BCUT2D eigenvalue weighted by Gasteiger charge is -2.36. The standard InChI is InChI=1S/C25H29N3O4/c26-19-7-9-21(10-8-19)28(25(30)17-4-5-17)14-16-2-1-3-20(12-16)27-24(29)18-6-11-22-23(13-18)32-15-31-22/h1-3,6,11-13,17,19,21H,4-5,7-10,14-15,26H2,(H,27,29). The van der Waals surface area contributed by atoms with E-state index >= 15 is 0 Å². The molecule has 1 aliphatic heterocycles. The van der Waals surface area contributed by atoms with Crippen LogP contribution in [0.25, 0.3) is 0 Å². The first-order valence-electron chi connectivity index (χ1n) is 11.4. The van der Waals surface area contributed by atoms with Gasteiger partial charge in [-0.3, -0.25) is 9.59 Å². The van der Waals surface area contributed by atoms with Crippen LogP contribution >= 0.6 is 0 Å². The third kappa shape index (κ3) is 4.58. The van der Waals surface area contributed by atoms with Crippen molar-refractivity contribution < 1.29 is 19.1 Å². The average molecular weight is 436 g/mol. The van der Waals surface area contributed by atoms with E-state index in [9.17, 15) is 9.59 Å². The second-order valence-corrected chi connectivity index (χ2v) is 9.03. The summed E-state index contributed by atoms with van der Waals surface area (Å²) >= 11 is 0. The molecule has 2 amide bonds. The first kappa shape index (κ1) is 20.8. The van der Waals surface area contributed by atoms with E-state index in [2.05, 4.69) is 10.2 Å². The molecule has 168 valence electrons. The molecule has 0 radical (unpaired) electrons. The maximum Gasteiger partial charge on any atom is 0.255 e. The van der Waals surface area contributed by atoms with Crippen molar-refractivity contribution in [2.24, 2.45) is 11.7 Å². The number of carbonyl (C=O) groups is 2. The number of nitrogens with zero attached hydrogens (tertiary/aromatic N) is 1. The highest BCUT2D eigenvalue weighted by Crippen LogP contribution is 2.35. The summed E-state index contributed by atoms with van der Waals surface area (Å²) in [6.45, 7) is 0.731. The van der Waals surface area contributed by atoms with Gasteiger partial charge < -0.3 is 25.4 Å². The summed E-state index contributed by atoms with van der Waals surface area (Å²) < 4.78 is 10.7. The van der Waals surface area contributed by atoms with Crippen LogP contribution in [-0.4, -0.2) is 35.6 Å². The number of fused-ring (bicyclic) bond motifs is 1. The van der Waals surface area contributed by atoms with Crippen molar-refractivity contribution in [2.45, 2.75) is 57.2 Å². The fourth-order valence-electron chi connectivity index (χ4n) is 4.55. The summed E-state index contributed by atoms with van der Waals surface area (Å²) in [4.78, 5) is 27.8. The van der Waals surface area contributed by atoms with Crippen LogP contribution in [0.1, 0.15) is 54.4 Å². The molecule has 0 aromatic heterocycles. The van der Waals surface area contributed by atoms with E-state index in [-0.39, 0.29) is 36.6 Å². The molecule has 2 aromatic rings. The molecule has 7 heteroatoms. The monoisotopic (exact) mass is 435 g/mol. The van der Waals surface area contributed by atoms with E-state index in [1.165, 1.54) is 0 Å². The number of rotatable bonds is 6. The van der Waals surface area contributed by atoms with Gasteiger partial charge in [-0.15, -0.1) is 0 Å². The summed E-state index contributed by atoms with van der Waals surface area (Å²) in [7, 11) is 0. The number of benzene rings is 2. The van der Waals surface area contributed by atoms with Crippen LogP contribution < -0.4 is 20.5 Å². The summed E-state index contributed by atoms with van der Waals surface area (Å²) in [5, 5.41) is 2.96. The number of carbonyl (C=O) groups excluding carboxylic acids is 2. The van der Waals surface area contributed by atoms with E-state index in [1.807, 2.05) is 24.3 Å². The smallest absolute Gasteiger partial charge is 0.255 e. The largest absolute Gasteiger partial charge is 0.454 e. The minimum atomic E-state index is -0.215. The van der Waals surface area contributed by atoms with Gasteiger partial charge in [0.2, 0.25) is 12.7 Å². The zero-order valence-corrected chi connectivity index (χ0v) is 18.1. The molecule has 1 heterocycles. The van der Waals surface area contributed by atoms with Crippen molar-refractivity contribution in [3.8, 4) is 11.5 Å². The number of hydrogen-bond acceptors (Lipinski definition) is 5. The van der Waals surface area contributed by atoms with Crippen LogP contribution in [0.4, 0.5) is 5.69 Å². The fraction of sp³-hybridized carbons (Fsp3) is 0.440. The van der Waals surface area contributed by atoms with Crippen LogP contribution in [0.15, 0.2) is 42.5 Å². The Bertz CT molecular complexity index is 1010. The lowest BCUT2D eigenvalue weighted by Crippen LogP contribution is -2.44. The van der Waals surface area contributed by atoms with Gasteiger partial charge in [-0.25, -0.2) is 0 Å². The van der Waals surface area contributed by atoms with Gasteiger partial charge in [-0.1, -0.05) is 12.1 Å². The summed E-state index contributed by atoms with van der Waals surface area (Å²) in [6.07, 6.45) is 5.83. The molecule has 7 nitrogen and oxygen atoms in total. The van der Waals surface area contributed by atoms with Crippen molar-refractivity contribution in [3.05, 3.63) is 53.6 Å². The van der Waals surface area contributed by atoms with Gasteiger partial charge in [0.25, 0.3) is 5.91 Å². The molecule has 0 atom stereocenters. The van der Waals surface area contributed by atoms with Crippen LogP contribution in [0.3, 0.4) is 0 Å². The Morgan fingerprint density at radius 2 is 1.75 bits per heavy atom. The molecule has 0 spiro atoms. The topological polar surface area (TPSA) is 93.9 Å². The Morgan fingerprint density at radius 3 is 2.53 bits per heavy atom. The predicted molar refractivity (Wildman–Crippen MR) is 120 cm³/mol. The maximum absolute atomic E-state index is 13.0. The molecule has 32 heavy (non-hydrogen) atoms. The highest BCUT2D eigenvalue weighted by Gasteiger charge is 2.37. The van der Waals surface area contributed by atoms with Crippen molar-refractivity contribution in [2.75, 3.05) is 12.1 Å². The van der Waals surface area contributed by atoms with Crippen LogP contribution in [0, 0.1) is 5.92 Å². The fourth-order valence-corrected chi connectivity index (χ4v) is 4.55. The van der Waals surface area contributed by atoms with E-state index < -0.39 is 0 Å². The molecule has 3 aliphatic rings. The molecule has 0 saturated heterocycles. The molecule has 3 N–H and O–H groups in total. The molecule has 2 aliphatic carbocycles. The molecule has 0 unspecified atom stereocenters. The Balaban J connectivity index is 1.29. The van der Waals surface area contributed by atoms with Gasteiger partial charge in [-0.05, 0) is 74.4 Å². The second kappa shape index (κ2) is 8.82. The third-order valence-corrected chi connectivity index (χ3v) is 6.56. The molecule has 5 rings (SSSR count). The summed E-state index contributed by atoms with van der Waals surface area (Å²) in [6, 6.07) is 13.4. The molecule has 2 aromatic carbocycles. The van der Waals surface area contributed by atoms with Crippen molar-refractivity contribution in [3.63, 3.8) is 0 Å². The number of nitrogens with one attached hydrogen (secondary N) is 1. The number of ether oxygens (including phenoxy) is 2. The lowest BCUT2D eigenvalue weighted by atomic mass is 9.90. The minimum absolute atomic E-state index is 0.172. The quantitative estimate of drug-likeness (QED) is 0.722. The zero-order valence-electron chi connectivity index (χ0n) is 18.1.